The Bertz CT molecular complexity index is 1210. The van der Waals surface area contributed by atoms with E-state index < -0.39 is 39.8 Å². The standard InChI is InChI=1S/C12H13NO6.C7H5NO4.C4H6O3.CH4/c1-7(18-8(2)14)11-6-10(13(16)17)4-5-12(11)19-9(3)15;9-4-5-3-6(8(11)12)1-2-7(5)10;1-3(5)7-4(2)6;/h4-7H,1-3H3;1-4,10H;1-2H3;1H4. The third kappa shape index (κ3) is 14.2. The number of rotatable bonds is 6. The monoisotopic (exact) mass is 552 g/mol. The van der Waals surface area contributed by atoms with E-state index in [1.165, 1.54) is 52.8 Å². The van der Waals surface area contributed by atoms with Gasteiger partial charge in [-0.15, -0.1) is 0 Å². The Labute approximate surface area is 222 Å². The fourth-order valence-electron chi connectivity index (χ4n) is 2.48. The summed E-state index contributed by atoms with van der Waals surface area (Å²) in [5.74, 6) is -2.35. The molecule has 1 unspecified atom stereocenters. The first kappa shape index (κ1) is 35.9. The summed E-state index contributed by atoms with van der Waals surface area (Å²) in [6.45, 7) is 6.33. The Morgan fingerprint density at radius 3 is 1.72 bits per heavy atom. The zero-order valence-corrected chi connectivity index (χ0v) is 20.9. The molecule has 0 heterocycles. The molecule has 0 aromatic heterocycles. The average Bonchev–Trinajstić information content (AvgIpc) is 2.78. The molecule has 0 aliphatic carbocycles. The van der Waals surface area contributed by atoms with Gasteiger partial charge in [0.2, 0.25) is 0 Å². The summed E-state index contributed by atoms with van der Waals surface area (Å²) in [6, 6.07) is 6.98. The quantitative estimate of drug-likeness (QED) is 0.134. The number of aldehydes is 1. The molecule has 2 rings (SSSR count). The number of phenolic OH excluding ortho intramolecular Hbond substituents is 1. The Morgan fingerprint density at radius 2 is 1.33 bits per heavy atom. The van der Waals surface area contributed by atoms with Crippen LogP contribution in [0, 0.1) is 20.2 Å². The van der Waals surface area contributed by atoms with E-state index in [0.29, 0.717) is 6.29 Å². The van der Waals surface area contributed by atoms with Gasteiger partial charge in [-0.2, -0.15) is 0 Å². The molecular formula is C24H28N2O13. The van der Waals surface area contributed by atoms with Crippen molar-refractivity contribution in [3.63, 3.8) is 0 Å². The summed E-state index contributed by atoms with van der Waals surface area (Å²) >= 11 is 0. The minimum absolute atomic E-state index is 0. The van der Waals surface area contributed by atoms with Gasteiger partial charge < -0.3 is 19.3 Å². The second-order valence-corrected chi connectivity index (χ2v) is 7.03. The molecular weight excluding hydrogens is 524 g/mol. The number of ether oxygens (including phenoxy) is 3. The molecule has 0 amide bonds. The number of hydrogen-bond acceptors (Lipinski definition) is 13. The Morgan fingerprint density at radius 1 is 0.846 bits per heavy atom. The molecule has 39 heavy (non-hydrogen) atoms. The van der Waals surface area contributed by atoms with Crippen molar-refractivity contribution in [2.24, 2.45) is 0 Å². The van der Waals surface area contributed by atoms with Gasteiger partial charge in [0.1, 0.15) is 17.6 Å². The summed E-state index contributed by atoms with van der Waals surface area (Å²) in [5.41, 5.74) is -0.205. The minimum atomic E-state index is -0.758. The van der Waals surface area contributed by atoms with Crippen molar-refractivity contribution >= 4 is 41.5 Å². The van der Waals surface area contributed by atoms with Crippen LogP contribution in [0.3, 0.4) is 0 Å². The van der Waals surface area contributed by atoms with Gasteiger partial charge in [-0.25, -0.2) is 0 Å². The van der Waals surface area contributed by atoms with Crippen molar-refractivity contribution in [3.8, 4) is 11.5 Å². The number of esters is 4. The number of aromatic hydroxyl groups is 1. The SMILES string of the molecule is C.CC(=O)OC(C)=O.CC(=O)Oc1ccc([N+](=O)[O-])cc1C(C)OC(C)=O.O=Cc1cc([N+](=O)[O-])ccc1O. The van der Waals surface area contributed by atoms with Crippen molar-refractivity contribution in [1.82, 2.24) is 0 Å². The summed E-state index contributed by atoms with van der Waals surface area (Å²) in [4.78, 5) is 71.4. The summed E-state index contributed by atoms with van der Waals surface area (Å²) in [7, 11) is 0. The molecule has 1 atom stereocenters. The second kappa shape index (κ2) is 17.3. The summed E-state index contributed by atoms with van der Waals surface area (Å²) in [5, 5.41) is 29.9. The van der Waals surface area contributed by atoms with Crippen LogP contribution in [0.2, 0.25) is 0 Å². The van der Waals surface area contributed by atoms with E-state index in [9.17, 15) is 44.2 Å². The van der Waals surface area contributed by atoms with Crippen LogP contribution in [0.5, 0.6) is 11.5 Å². The Hall–Kier alpha value is -5.21. The highest BCUT2D eigenvalue weighted by atomic mass is 16.6. The minimum Gasteiger partial charge on any atom is -0.507 e. The lowest BCUT2D eigenvalue weighted by molar-refractivity contribution is -0.385. The maximum atomic E-state index is 11.0. The van der Waals surface area contributed by atoms with Crippen LogP contribution in [-0.2, 0) is 28.7 Å². The van der Waals surface area contributed by atoms with E-state index in [-0.39, 0.29) is 41.4 Å². The van der Waals surface area contributed by atoms with E-state index in [0.717, 1.165) is 18.2 Å². The molecule has 0 aliphatic heterocycles. The zero-order chi connectivity index (χ0) is 29.6. The van der Waals surface area contributed by atoms with Crippen LogP contribution in [0.4, 0.5) is 11.4 Å². The molecule has 0 spiro atoms. The van der Waals surface area contributed by atoms with E-state index in [1.54, 1.807) is 0 Å². The molecule has 0 fully saturated rings. The fourth-order valence-corrected chi connectivity index (χ4v) is 2.48. The first-order chi connectivity index (χ1) is 17.6. The van der Waals surface area contributed by atoms with E-state index in [2.05, 4.69) is 4.74 Å². The number of nitro benzene ring substituents is 2. The van der Waals surface area contributed by atoms with Crippen molar-refractivity contribution in [2.75, 3.05) is 0 Å². The third-order valence-corrected chi connectivity index (χ3v) is 3.87. The highest BCUT2D eigenvalue weighted by Gasteiger charge is 2.20. The number of phenols is 1. The fraction of sp³-hybridized carbons (Fsp3) is 0.292. The number of hydrogen-bond donors (Lipinski definition) is 1. The highest BCUT2D eigenvalue weighted by molar-refractivity contribution is 5.82. The van der Waals surface area contributed by atoms with Gasteiger partial charge in [-0.1, -0.05) is 7.43 Å². The molecule has 0 radical (unpaired) electrons. The van der Waals surface area contributed by atoms with Crippen molar-refractivity contribution in [2.45, 2.75) is 48.1 Å². The number of nitrogens with zero attached hydrogens (tertiary/aromatic N) is 2. The number of carbonyl (C=O) groups excluding carboxylic acids is 5. The van der Waals surface area contributed by atoms with Crippen LogP contribution >= 0.6 is 0 Å². The zero-order valence-electron chi connectivity index (χ0n) is 20.9. The van der Waals surface area contributed by atoms with Crippen molar-refractivity contribution < 1.29 is 53.1 Å². The smallest absolute Gasteiger partial charge is 0.310 e. The van der Waals surface area contributed by atoms with Crippen LogP contribution < -0.4 is 4.74 Å². The lowest BCUT2D eigenvalue weighted by Crippen LogP contribution is -2.10. The van der Waals surface area contributed by atoms with Gasteiger partial charge in [0.15, 0.2) is 6.29 Å². The number of benzene rings is 2. The predicted octanol–water partition coefficient (Wildman–Crippen LogP) is 3.99. The van der Waals surface area contributed by atoms with Crippen LogP contribution in [0.25, 0.3) is 0 Å². The van der Waals surface area contributed by atoms with Gasteiger partial charge in [-0.3, -0.25) is 44.2 Å². The maximum absolute atomic E-state index is 11.0. The molecule has 15 heteroatoms. The number of carbonyl (C=O) groups is 5. The normalized spacial score (nSPS) is 9.87. The number of nitro groups is 2. The molecule has 212 valence electrons. The average molecular weight is 552 g/mol. The lowest BCUT2D eigenvalue weighted by Gasteiger charge is -2.15. The van der Waals surface area contributed by atoms with Gasteiger partial charge in [0.05, 0.1) is 15.4 Å². The van der Waals surface area contributed by atoms with Crippen molar-refractivity contribution in [3.05, 3.63) is 67.8 Å². The molecule has 0 saturated carbocycles. The highest BCUT2D eigenvalue weighted by Crippen LogP contribution is 2.31. The van der Waals surface area contributed by atoms with Gasteiger partial charge in [0, 0.05) is 57.5 Å². The van der Waals surface area contributed by atoms with Gasteiger partial charge in [0.25, 0.3) is 11.4 Å². The van der Waals surface area contributed by atoms with Gasteiger partial charge in [-0.05, 0) is 19.1 Å². The van der Waals surface area contributed by atoms with E-state index in [4.69, 9.17) is 14.6 Å². The molecule has 2 aromatic rings. The van der Waals surface area contributed by atoms with Crippen molar-refractivity contribution in [1.29, 1.82) is 0 Å². The maximum Gasteiger partial charge on any atom is 0.310 e. The van der Waals surface area contributed by atoms with E-state index in [1.807, 2.05) is 0 Å². The molecule has 0 bridgehead atoms. The van der Waals surface area contributed by atoms with Crippen LogP contribution in [0.15, 0.2) is 36.4 Å². The van der Waals surface area contributed by atoms with Crippen LogP contribution in [-0.4, -0.2) is 45.1 Å². The first-order valence-corrected chi connectivity index (χ1v) is 10.3. The predicted molar refractivity (Wildman–Crippen MR) is 134 cm³/mol. The number of non-ortho nitro benzene ring substituents is 2. The lowest BCUT2D eigenvalue weighted by atomic mass is 10.1. The second-order valence-electron chi connectivity index (χ2n) is 7.03. The third-order valence-electron chi connectivity index (χ3n) is 3.87. The molecule has 2 aromatic carbocycles. The van der Waals surface area contributed by atoms with E-state index >= 15 is 0 Å². The molecule has 0 aliphatic rings. The Balaban J connectivity index is 0. The largest absolute Gasteiger partial charge is 0.507 e. The topological polar surface area (TPSA) is 220 Å². The molecule has 1 N–H and O–H groups in total. The molecule has 0 saturated heterocycles. The van der Waals surface area contributed by atoms with Crippen LogP contribution in [0.1, 0.15) is 64.1 Å². The first-order valence-electron chi connectivity index (χ1n) is 10.3. The Kier molecular flexibility index (Phi) is 15.9. The molecule has 15 nitrogen and oxygen atoms in total. The summed E-state index contributed by atoms with van der Waals surface area (Å²) in [6.07, 6.45) is -0.394. The van der Waals surface area contributed by atoms with Gasteiger partial charge >= 0.3 is 23.9 Å². The summed E-state index contributed by atoms with van der Waals surface area (Å²) < 4.78 is 13.8.